The van der Waals surface area contributed by atoms with Crippen LogP contribution < -0.4 is 21.7 Å². The molecule has 0 aromatic heterocycles. The molecule has 0 aliphatic carbocycles. The quantitative estimate of drug-likeness (QED) is 0.124. The molecule has 170 valence electrons. The monoisotopic (exact) mass is 436 g/mol. The van der Waals surface area contributed by atoms with Crippen molar-refractivity contribution in [3.63, 3.8) is 0 Å². The minimum absolute atomic E-state index is 0.247. The molecule has 3 amide bonds. The van der Waals surface area contributed by atoms with Crippen molar-refractivity contribution in [3.05, 3.63) is 0 Å². The first-order chi connectivity index (χ1) is 13.9. The van der Waals surface area contributed by atoms with E-state index >= 15 is 0 Å². The first kappa shape index (κ1) is 26.7. The van der Waals surface area contributed by atoms with Gasteiger partial charge >= 0.3 is 17.9 Å². The lowest BCUT2D eigenvalue weighted by Gasteiger charge is -2.23. The van der Waals surface area contributed by atoms with Crippen LogP contribution >= 0.6 is 0 Å². The van der Waals surface area contributed by atoms with Crippen LogP contribution in [0.2, 0.25) is 0 Å². The van der Waals surface area contributed by atoms with Gasteiger partial charge in [0.25, 0.3) is 0 Å². The van der Waals surface area contributed by atoms with Gasteiger partial charge in [-0.2, -0.15) is 0 Å². The number of carbonyl (C=O) groups is 6. The lowest BCUT2D eigenvalue weighted by Crippen LogP contribution is -2.59. The molecule has 15 nitrogen and oxygen atoms in total. The number of rotatable bonds is 14. The van der Waals surface area contributed by atoms with E-state index in [0.29, 0.717) is 0 Å². The third-order valence-corrected chi connectivity index (χ3v) is 3.63. The van der Waals surface area contributed by atoms with E-state index in [4.69, 9.17) is 21.1 Å². The average Bonchev–Trinajstić information content (AvgIpc) is 2.66. The van der Waals surface area contributed by atoms with Crippen molar-refractivity contribution in [2.75, 3.05) is 13.2 Å². The van der Waals surface area contributed by atoms with E-state index in [1.807, 2.05) is 16.0 Å². The molecular weight excluding hydrogens is 412 g/mol. The molecule has 0 aliphatic rings. The molecule has 0 aliphatic heterocycles. The van der Waals surface area contributed by atoms with Crippen LogP contribution in [0.1, 0.15) is 19.3 Å². The van der Waals surface area contributed by atoms with Gasteiger partial charge in [-0.15, -0.1) is 0 Å². The number of hydrogen-bond donors (Lipinski definition) is 9. The third kappa shape index (κ3) is 9.76. The van der Waals surface area contributed by atoms with Gasteiger partial charge in [-0.1, -0.05) is 0 Å². The number of nitrogens with one attached hydrogen (secondary N) is 3. The van der Waals surface area contributed by atoms with Crippen LogP contribution in [-0.2, 0) is 28.8 Å². The highest BCUT2D eigenvalue weighted by atomic mass is 16.4. The molecule has 0 saturated carbocycles. The van der Waals surface area contributed by atoms with Crippen molar-refractivity contribution < 1.29 is 54.3 Å². The molecule has 0 rings (SSSR count). The smallest absolute Gasteiger partial charge is 0.326 e. The summed E-state index contributed by atoms with van der Waals surface area (Å²) in [5.74, 6) is -7.70. The second kappa shape index (κ2) is 13.0. The molecule has 0 aromatic rings. The average molecular weight is 436 g/mol. The zero-order chi connectivity index (χ0) is 23.4. The number of aliphatic carboxylic acids is 3. The number of aliphatic hydroxyl groups is 2. The number of carbonyl (C=O) groups excluding carboxylic acids is 3. The number of hydrogen-bond acceptors (Lipinski definition) is 9. The maximum atomic E-state index is 12.1. The van der Waals surface area contributed by atoms with Gasteiger partial charge in [0.15, 0.2) is 0 Å². The van der Waals surface area contributed by atoms with E-state index in [2.05, 4.69) is 0 Å². The maximum absolute atomic E-state index is 12.1. The first-order valence-electron chi connectivity index (χ1n) is 8.47. The summed E-state index contributed by atoms with van der Waals surface area (Å²) in [6.45, 7) is -1.96. The maximum Gasteiger partial charge on any atom is 0.326 e. The highest BCUT2D eigenvalue weighted by molar-refractivity contribution is 5.94. The Kier molecular flexibility index (Phi) is 11.6. The summed E-state index contributed by atoms with van der Waals surface area (Å²) in [5, 5.41) is 50.5. The van der Waals surface area contributed by atoms with E-state index in [1.165, 1.54) is 0 Å². The molecule has 4 unspecified atom stereocenters. The molecule has 0 heterocycles. The summed E-state index contributed by atoms with van der Waals surface area (Å²) < 4.78 is 0. The highest BCUT2D eigenvalue weighted by Gasteiger charge is 2.30. The Bertz CT molecular complexity index is 669. The molecule has 0 radical (unpaired) electrons. The highest BCUT2D eigenvalue weighted by Crippen LogP contribution is 1.98. The van der Waals surface area contributed by atoms with Crippen molar-refractivity contribution >= 4 is 35.6 Å². The molecule has 0 saturated heterocycles. The minimum Gasteiger partial charge on any atom is -0.481 e. The van der Waals surface area contributed by atoms with Crippen molar-refractivity contribution in [1.82, 2.24) is 16.0 Å². The van der Waals surface area contributed by atoms with E-state index in [9.17, 15) is 39.0 Å². The predicted molar refractivity (Wildman–Crippen MR) is 94.7 cm³/mol. The summed E-state index contributed by atoms with van der Waals surface area (Å²) in [6.07, 6.45) is -1.63. The Morgan fingerprint density at radius 2 is 1.13 bits per heavy atom. The second-order valence-electron chi connectivity index (χ2n) is 6.02. The van der Waals surface area contributed by atoms with Crippen LogP contribution in [-0.4, -0.2) is 98.5 Å². The summed E-state index contributed by atoms with van der Waals surface area (Å²) in [6, 6.07) is -6.47. The number of nitrogens with two attached hydrogens (primary N) is 1. The van der Waals surface area contributed by atoms with Gasteiger partial charge < -0.3 is 47.2 Å². The Labute approximate surface area is 169 Å². The Hall–Kier alpha value is -3.30. The van der Waals surface area contributed by atoms with Crippen molar-refractivity contribution in [1.29, 1.82) is 0 Å². The molecule has 15 heteroatoms. The molecule has 10 N–H and O–H groups in total. The predicted octanol–water partition coefficient (Wildman–Crippen LogP) is -4.82. The van der Waals surface area contributed by atoms with Gasteiger partial charge in [-0.25, -0.2) is 4.79 Å². The van der Waals surface area contributed by atoms with Gasteiger partial charge in [0.2, 0.25) is 17.7 Å². The van der Waals surface area contributed by atoms with E-state index in [0.717, 1.165) is 0 Å². The van der Waals surface area contributed by atoms with Crippen LogP contribution in [0.15, 0.2) is 0 Å². The zero-order valence-electron chi connectivity index (χ0n) is 15.6. The fourth-order valence-corrected chi connectivity index (χ4v) is 2.00. The van der Waals surface area contributed by atoms with Crippen LogP contribution in [0.25, 0.3) is 0 Å². The Morgan fingerprint density at radius 1 is 0.700 bits per heavy atom. The van der Waals surface area contributed by atoms with Crippen LogP contribution in [0, 0.1) is 0 Å². The van der Waals surface area contributed by atoms with E-state index in [1.54, 1.807) is 0 Å². The molecule has 4 atom stereocenters. The lowest BCUT2D eigenvalue weighted by molar-refractivity contribution is -0.147. The van der Waals surface area contributed by atoms with Crippen molar-refractivity contribution in [3.8, 4) is 0 Å². The zero-order valence-corrected chi connectivity index (χ0v) is 15.6. The number of aliphatic hydroxyl groups excluding tert-OH is 2. The summed E-state index contributed by atoms with van der Waals surface area (Å²) in [4.78, 5) is 68.2. The largest absolute Gasteiger partial charge is 0.481 e. The molecule has 0 spiro atoms. The molecule has 0 bridgehead atoms. The summed E-state index contributed by atoms with van der Waals surface area (Å²) >= 11 is 0. The fraction of sp³-hybridized carbons (Fsp3) is 0.600. The Morgan fingerprint density at radius 3 is 1.50 bits per heavy atom. The lowest BCUT2D eigenvalue weighted by atomic mass is 10.1. The van der Waals surface area contributed by atoms with Gasteiger partial charge in [-0.3, -0.25) is 24.0 Å². The number of carboxylic acids is 3. The van der Waals surface area contributed by atoms with E-state index < -0.39 is 85.9 Å². The first-order valence-corrected chi connectivity index (χ1v) is 8.47. The number of amides is 3. The van der Waals surface area contributed by atoms with Crippen LogP contribution in [0.3, 0.4) is 0 Å². The van der Waals surface area contributed by atoms with Gasteiger partial charge in [0.05, 0.1) is 25.7 Å². The standard InChI is InChI=1S/C15H24N4O11/c16-6(1-2-10(22)23)12(26)18-8(4-20)14(28)19-9(5-21)13(27)17-7(15(29)30)3-11(24)25/h6-9,20-21H,1-5,16H2,(H,17,27)(H,18,26)(H,19,28)(H,22,23)(H,24,25)(H,29,30). The van der Waals surface area contributed by atoms with Gasteiger partial charge in [-0.05, 0) is 6.42 Å². The molecule has 0 aromatic carbocycles. The molecule has 30 heavy (non-hydrogen) atoms. The molecular formula is C15H24N4O11. The van der Waals surface area contributed by atoms with Crippen LogP contribution in [0.4, 0.5) is 0 Å². The summed E-state index contributed by atoms with van der Waals surface area (Å²) in [5.41, 5.74) is 5.47. The van der Waals surface area contributed by atoms with Gasteiger partial charge in [0.1, 0.15) is 18.1 Å². The van der Waals surface area contributed by atoms with Crippen LogP contribution in [0.5, 0.6) is 0 Å². The normalized spacial score (nSPS) is 14.5. The van der Waals surface area contributed by atoms with Crippen molar-refractivity contribution in [2.45, 2.75) is 43.4 Å². The van der Waals surface area contributed by atoms with E-state index in [-0.39, 0.29) is 6.42 Å². The minimum atomic E-state index is -1.83. The fourth-order valence-electron chi connectivity index (χ4n) is 2.00. The third-order valence-electron chi connectivity index (χ3n) is 3.63. The summed E-state index contributed by atoms with van der Waals surface area (Å²) in [7, 11) is 0. The van der Waals surface area contributed by atoms with Gasteiger partial charge in [0, 0.05) is 6.42 Å². The molecule has 0 fully saturated rings. The van der Waals surface area contributed by atoms with Crippen molar-refractivity contribution in [2.24, 2.45) is 5.73 Å². The Balaban J connectivity index is 4.97. The number of carboxylic acid groups (broad SMARTS) is 3. The topological polar surface area (TPSA) is 266 Å². The SMILES string of the molecule is NC(CCC(=O)O)C(=O)NC(CO)C(=O)NC(CO)C(=O)NC(CC(=O)O)C(=O)O. The second-order valence-corrected chi connectivity index (χ2v) is 6.02.